The Kier molecular flexibility index (Phi) is 6.53. The zero-order chi connectivity index (χ0) is 18.2. The number of benzene rings is 1. The lowest BCUT2D eigenvalue weighted by atomic mass is 10.2. The normalized spacial score (nSPS) is 10.1. The lowest BCUT2D eigenvalue weighted by molar-refractivity contribution is 0.0496. The highest BCUT2D eigenvalue weighted by atomic mass is 32.1. The third-order valence-corrected chi connectivity index (χ3v) is 3.38. The number of hydrogen-bond acceptors (Lipinski definition) is 6. The number of anilines is 1. The molecular weight excluding hydrogens is 344 g/mol. The number of nitrogens with one attached hydrogen (secondary N) is 2. The molecule has 3 N–H and O–H groups in total. The maximum absolute atomic E-state index is 11.9. The molecular formula is C17H18N2O5S. The molecule has 0 bridgehead atoms. The van der Waals surface area contributed by atoms with Crippen LogP contribution in [0.25, 0.3) is 0 Å². The predicted octanol–water partition coefficient (Wildman–Crippen LogP) is 3.07. The van der Waals surface area contributed by atoms with Crippen LogP contribution in [0.3, 0.4) is 0 Å². The molecule has 0 aliphatic heterocycles. The average molecular weight is 362 g/mol. The number of esters is 1. The maximum Gasteiger partial charge on any atom is 0.341 e. The lowest BCUT2D eigenvalue weighted by Crippen LogP contribution is -2.33. The summed E-state index contributed by atoms with van der Waals surface area (Å²) >= 11 is 5.03. The zero-order valence-corrected chi connectivity index (χ0v) is 14.4. The van der Waals surface area contributed by atoms with E-state index in [0.717, 1.165) is 12.8 Å². The van der Waals surface area contributed by atoms with Gasteiger partial charge in [0.1, 0.15) is 11.3 Å². The number of carbonyl (C=O) groups excluding carboxylic acids is 2. The summed E-state index contributed by atoms with van der Waals surface area (Å²) in [5.74, 6) is -1.21. The van der Waals surface area contributed by atoms with Crippen LogP contribution in [0.4, 0.5) is 5.69 Å². The standard InChI is InChI=1S/C17H18N2O5S/c1-2-3-8-24-16(22)12-7-6-11(10-13(12)20)18-17(25)19-15(21)14-5-4-9-23-14/h4-7,9-10,20H,2-3,8H2,1H3,(H2,18,19,21,25). The molecule has 0 fully saturated rings. The number of aromatic hydroxyl groups is 1. The highest BCUT2D eigenvalue weighted by Gasteiger charge is 2.14. The molecule has 0 aliphatic rings. The SMILES string of the molecule is CCCCOC(=O)c1ccc(NC(=S)NC(=O)c2ccco2)cc1O. The van der Waals surface area contributed by atoms with E-state index >= 15 is 0 Å². The molecule has 0 spiro atoms. The summed E-state index contributed by atoms with van der Waals surface area (Å²) < 4.78 is 10.0. The molecule has 132 valence electrons. The average Bonchev–Trinajstić information content (AvgIpc) is 3.09. The van der Waals surface area contributed by atoms with Crippen molar-refractivity contribution < 1.29 is 23.8 Å². The van der Waals surface area contributed by atoms with E-state index in [0.29, 0.717) is 12.3 Å². The first-order valence-electron chi connectivity index (χ1n) is 7.67. The van der Waals surface area contributed by atoms with E-state index in [1.165, 1.54) is 24.5 Å². The van der Waals surface area contributed by atoms with Crippen LogP contribution < -0.4 is 10.6 Å². The molecule has 0 radical (unpaired) electrons. The van der Waals surface area contributed by atoms with Crippen molar-refractivity contribution in [2.24, 2.45) is 0 Å². The summed E-state index contributed by atoms with van der Waals surface area (Å²) in [6.07, 6.45) is 3.04. The topological polar surface area (TPSA) is 101 Å². The van der Waals surface area contributed by atoms with E-state index in [4.69, 9.17) is 21.4 Å². The summed E-state index contributed by atoms with van der Waals surface area (Å²) in [5.41, 5.74) is 0.472. The van der Waals surface area contributed by atoms with E-state index in [2.05, 4.69) is 10.6 Å². The fraction of sp³-hybridized carbons (Fsp3) is 0.235. The van der Waals surface area contributed by atoms with Crippen molar-refractivity contribution in [3.8, 4) is 5.75 Å². The van der Waals surface area contributed by atoms with Crippen LogP contribution in [-0.2, 0) is 4.74 Å². The molecule has 0 aliphatic carbocycles. The summed E-state index contributed by atoms with van der Waals surface area (Å²) in [6, 6.07) is 7.37. The predicted molar refractivity (Wildman–Crippen MR) is 95.7 cm³/mol. The summed E-state index contributed by atoms with van der Waals surface area (Å²) in [5, 5.41) is 15.2. The van der Waals surface area contributed by atoms with Crippen molar-refractivity contribution in [2.75, 3.05) is 11.9 Å². The number of thiocarbonyl (C=S) groups is 1. The van der Waals surface area contributed by atoms with Gasteiger partial charge in [-0.2, -0.15) is 0 Å². The molecule has 1 amide bonds. The van der Waals surface area contributed by atoms with Gasteiger partial charge in [0.25, 0.3) is 5.91 Å². The molecule has 2 rings (SSSR count). The maximum atomic E-state index is 11.9. The second kappa shape index (κ2) is 8.84. The number of phenolic OH excluding ortho intramolecular Hbond substituents is 1. The molecule has 7 nitrogen and oxygen atoms in total. The second-order valence-electron chi connectivity index (χ2n) is 5.11. The Morgan fingerprint density at radius 2 is 2.12 bits per heavy atom. The van der Waals surface area contributed by atoms with E-state index < -0.39 is 11.9 Å². The Labute approximate surface area is 150 Å². The fourth-order valence-electron chi connectivity index (χ4n) is 1.90. The van der Waals surface area contributed by atoms with Crippen molar-refractivity contribution >= 4 is 34.9 Å². The van der Waals surface area contributed by atoms with Gasteiger partial charge in [-0.25, -0.2) is 4.79 Å². The van der Waals surface area contributed by atoms with Crippen LogP contribution in [0.1, 0.15) is 40.7 Å². The Morgan fingerprint density at radius 1 is 1.32 bits per heavy atom. The number of unbranched alkanes of at least 4 members (excludes halogenated alkanes) is 1. The Balaban J connectivity index is 1.94. The van der Waals surface area contributed by atoms with Crippen molar-refractivity contribution in [3.63, 3.8) is 0 Å². The van der Waals surface area contributed by atoms with Gasteiger partial charge in [-0.15, -0.1) is 0 Å². The van der Waals surface area contributed by atoms with Gasteiger partial charge >= 0.3 is 5.97 Å². The Hall–Kier alpha value is -2.87. The Morgan fingerprint density at radius 3 is 2.76 bits per heavy atom. The van der Waals surface area contributed by atoms with Gasteiger partial charge in [-0.05, 0) is 42.9 Å². The van der Waals surface area contributed by atoms with Gasteiger partial charge in [-0.3, -0.25) is 10.1 Å². The van der Waals surface area contributed by atoms with Crippen LogP contribution in [-0.4, -0.2) is 28.7 Å². The summed E-state index contributed by atoms with van der Waals surface area (Å²) in [4.78, 5) is 23.7. The minimum Gasteiger partial charge on any atom is -0.507 e. The molecule has 0 unspecified atom stereocenters. The first kappa shape index (κ1) is 18.5. The molecule has 0 atom stereocenters. The van der Waals surface area contributed by atoms with E-state index in [-0.39, 0.29) is 22.2 Å². The monoisotopic (exact) mass is 362 g/mol. The number of amides is 1. The minimum absolute atomic E-state index is 0.0269. The molecule has 2 aromatic rings. The van der Waals surface area contributed by atoms with E-state index in [1.54, 1.807) is 12.1 Å². The minimum atomic E-state index is -0.591. The smallest absolute Gasteiger partial charge is 0.341 e. The van der Waals surface area contributed by atoms with E-state index in [9.17, 15) is 14.7 Å². The first-order valence-corrected chi connectivity index (χ1v) is 8.08. The van der Waals surface area contributed by atoms with Crippen LogP contribution in [0.5, 0.6) is 5.75 Å². The van der Waals surface area contributed by atoms with Crippen molar-refractivity contribution in [3.05, 3.63) is 47.9 Å². The van der Waals surface area contributed by atoms with Gasteiger partial charge in [0.15, 0.2) is 10.9 Å². The van der Waals surface area contributed by atoms with E-state index in [1.807, 2.05) is 6.92 Å². The largest absolute Gasteiger partial charge is 0.507 e. The van der Waals surface area contributed by atoms with Gasteiger partial charge in [0.2, 0.25) is 0 Å². The number of hydrogen-bond donors (Lipinski definition) is 3. The molecule has 0 saturated carbocycles. The lowest BCUT2D eigenvalue weighted by Gasteiger charge is -2.11. The molecule has 25 heavy (non-hydrogen) atoms. The Bertz CT molecular complexity index is 758. The van der Waals surface area contributed by atoms with Gasteiger partial charge in [0, 0.05) is 11.8 Å². The number of carbonyl (C=O) groups is 2. The second-order valence-corrected chi connectivity index (χ2v) is 5.52. The highest BCUT2D eigenvalue weighted by molar-refractivity contribution is 7.80. The summed E-state index contributed by atoms with van der Waals surface area (Å²) in [6.45, 7) is 2.29. The number of furan rings is 1. The molecule has 1 aromatic carbocycles. The van der Waals surface area contributed by atoms with Crippen LogP contribution in [0, 0.1) is 0 Å². The van der Waals surface area contributed by atoms with Crippen molar-refractivity contribution in [1.29, 1.82) is 0 Å². The zero-order valence-electron chi connectivity index (χ0n) is 13.6. The van der Waals surface area contributed by atoms with Crippen LogP contribution in [0.2, 0.25) is 0 Å². The van der Waals surface area contributed by atoms with Crippen molar-refractivity contribution in [1.82, 2.24) is 5.32 Å². The number of rotatable bonds is 6. The van der Waals surface area contributed by atoms with Gasteiger partial charge < -0.3 is 19.6 Å². The third-order valence-electron chi connectivity index (χ3n) is 3.18. The first-order chi connectivity index (χ1) is 12.0. The fourth-order valence-corrected chi connectivity index (χ4v) is 2.11. The molecule has 1 aromatic heterocycles. The molecule has 8 heteroatoms. The number of ether oxygens (including phenoxy) is 1. The van der Waals surface area contributed by atoms with Gasteiger partial charge in [0.05, 0.1) is 12.9 Å². The van der Waals surface area contributed by atoms with Crippen molar-refractivity contribution in [2.45, 2.75) is 19.8 Å². The highest BCUT2D eigenvalue weighted by Crippen LogP contribution is 2.23. The number of phenols is 1. The van der Waals surface area contributed by atoms with Gasteiger partial charge in [-0.1, -0.05) is 13.3 Å². The quantitative estimate of drug-likeness (QED) is 0.412. The third kappa shape index (κ3) is 5.32. The summed E-state index contributed by atoms with van der Waals surface area (Å²) in [7, 11) is 0. The van der Waals surface area contributed by atoms with Crippen LogP contribution in [0.15, 0.2) is 41.0 Å². The molecule has 0 saturated heterocycles. The molecule has 1 heterocycles. The van der Waals surface area contributed by atoms with Crippen LogP contribution >= 0.6 is 12.2 Å².